The number of nitrogens with two attached hydrogens (primary N) is 1. The summed E-state index contributed by atoms with van der Waals surface area (Å²) in [6.07, 6.45) is 0.199. The summed E-state index contributed by atoms with van der Waals surface area (Å²) in [5.41, 5.74) is 6.57. The van der Waals surface area contributed by atoms with Crippen LogP contribution in [0.15, 0.2) is 18.2 Å². The van der Waals surface area contributed by atoms with Gasteiger partial charge >= 0.3 is 0 Å². The second kappa shape index (κ2) is 5.71. The molecule has 3 N–H and O–H groups in total. The van der Waals surface area contributed by atoms with E-state index in [4.69, 9.17) is 28.9 Å². The third-order valence-electron chi connectivity index (χ3n) is 2.33. The Labute approximate surface area is 100.0 Å². The minimum absolute atomic E-state index is 0.0520. The van der Waals surface area contributed by atoms with Gasteiger partial charge in [0, 0.05) is 5.92 Å². The van der Waals surface area contributed by atoms with Gasteiger partial charge in [-0.2, -0.15) is 0 Å². The first-order chi connectivity index (χ1) is 7.06. The Morgan fingerprint density at radius 2 is 2.07 bits per heavy atom. The highest BCUT2D eigenvalue weighted by molar-refractivity contribution is 6.42. The van der Waals surface area contributed by atoms with Gasteiger partial charge in [0.1, 0.15) is 0 Å². The molecule has 15 heavy (non-hydrogen) atoms. The molecule has 2 unspecified atom stereocenters. The summed E-state index contributed by atoms with van der Waals surface area (Å²) in [5.74, 6) is 0.0520. The van der Waals surface area contributed by atoms with Gasteiger partial charge in [0.2, 0.25) is 0 Å². The van der Waals surface area contributed by atoms with E-state index >= 15 is 0 Å². The minimum atomic E-state index is -0.395. The Hall–Kier alpha value is -0.280. The van der Waals surface area contributed by atoms with Gasteiger partial charge < -0.3 is 10.8 Å². The molecular weight excluding hydrogens is 233 g/mol. The van der Waals surface area contributed by atoms with Crippen LogP contribution >= 0.6 is 23.2 Å². The van der Waals surface area contributed by atoms with Gasteiger partial charge in [-0.3, -0.25) is 0 Å². The fourth-order valence-electron chi connectivity index (χ4n) is 1.60. The lowest BCUT2D eigenvalue weighted by atomic mass is 9.93. The maximum atomic E-state index is 9.34. The number of hydrogen-bond acceptors (Lipinski definition) is 2. The molecule has 0 aliphatic heterocycles. The van der Waals surface area contributed by atoms with Crippen molar-refractivity contribution >= 4 is 23.2 Å². The van der Waals surface area contributed by atoms with Crippen molar-refractivity contribution in [1.29, 1.82) is 0 Å². The van der Waals surface area contributed by atoms with Crippen molar-refractivity contribution in [3.63, 3.8) is 0 Å². The average Bonchev–Trinajstić information content (AvgIpc) is 2.19. The van der Waals surface area contributed by atoms with Crippen molar-refractivity contribution in [2.75, 3.05) is 6.54 Å². The Bertz CT molecular complexity index is 328. The largest absolute Gasteiger partial charge is 0.393 e. The molecule has 84 valence electrons. The van der Waals surface area contributed by atoms with Gasteiger partial charge in [0.15, 0.2) is 0 Å². The van der Waals surface area contributed by atoms with Gasteiger partial charge in [0.05, 0.1) is 16.1 Å². The van der Waals surface area contributed by atoms with E-state index in [9.17, 15) is 5.11 Å². The summed E-state index contributed by atoms with van der Waals surface area (Å²) in [6, 6.07) is 5.48. The molecule has 0 spiro atoms. The minimum Gasteiger partial charge on any atom is -0.393 e. The highest BCUT2D eigenvalue weighted by Gasteiger charge is 2.16. The normalized spacial score (nSPS) is 15.0. The zero-order valence-electron chi connectivity index (χ0n) is 8.58. The topological polar surface area (TPSA) is 46.2 Å². The molecule has 0 radical (unpaired) electrons. The first kappa shape index (κ1) is 12.8. The van der Waals surface area contributed by atoms with Crippen molar-refractivity contribution in [3.8, 4) is 0 Å². The molecule has 0 heterocycles. The van der Waals surface area contributed by atoms with Crippen LogP contribution in [-0.4, -0.2) is 17.8 Å². The van der Waals surface area contributed by atoms with E-state index in [2.05, 4.69) is 0 Å². The second-order valence-electron chi connectivity index (χ2n) is 3.66. The van der Waals surface area contributed by atoms with E-state index in [0.717, 1.165) is 5.56 Å². The molecule has 0 aromatic heterocycles. The lowest BCUT2D eigenvalue weighted by Crippen LogP contribution is -2.17. The van der Waals surface area contributed by atoms with Gasteiger partial charge in [-0.1, -0.05) is 35.3 Å². The zero-order chi connectivity index (χ0) is 11.4. The number of hydrogen-bond donors (Lipinski definition) is 2. The zero-order valence-corrected chi connectivity index (χ0v) is 10.1. The van der Waals surface area contributed by atoms with E-state index in [1.165, 1.54) is 0 Å². The Morgan fingerprint density at radius 1 is 1.40 bits per heavy atom. The summed E-state index contributed by atoms with van der Waals surface area (Å²) in [5, 5.41) is 10.4. The highest BCUT2D eigenvalue weighted by Crippen LogP contribution is 2.32. The molecule has 1 aromatic rings. The van der Waals surface area contributed by atoms with Crippen LogP contribution in [0.4, 0.5) is 0 Å². The number of halogens is 2. The molecule has 2 nitrogen and oxygen atoms in total. The molecule has 1 rings (SSSR count). The Balaban J connectivity index is 2.96. The maximum absolute atomic E-state index is 9.34. The standard InChI is InChI=1S/C11H15Cl2NO/c1-7(15)5-8(6-14)9-3-2-4-10(12)11(9)13/h2-4,7-8,15H,5-6,14H2,1H3. The van der Waals surface area contributed by atoms with Crippen LogP contribution in [0.5, 0.6) is 0 Å². The number of aliphatic hydroxyl groups excluding tert-OH is 1. The van der Waals surface area contributed by atoms with Crippen LogP contribution < -0.4 is 5.73 Å². The molecule has 0 amide bonds. The Kier molecular flexibility index (Phi) is 4.87. The SMILES string of the molecule is CC(O)CC(CN)c1cccc(Cl)c1Cl. The summed E-state index contributed by atoms with van der Waals surface area (Å²) >= 11 is 12.0. The number of aliphatic hydroxyl groups is 1. The molecule has 0 aliphatic rings. The molecule has 1 aromatic carbocycles. The van der Waals surface area contributed by atoms with Gasteiger partial charge in [0.25, 0.3) is 0 Å². The number of benzene rings is 1. The summed E-state index contributed by atoms with van der Waals surface area (Å²) < 4.78 is 0. The van der Waals surface area contributed by atoms with Crippen molar-refractivity contribution in [2.24, 2.45) is 5.73 Å². The lowest BCUT2D eigenvalue weighted by molar-refractivity contribution is 0.175. The highest BCUT2D eigenvalue weighted by atomic mass is 35.5. The summed E-state index contributed by atoms with van der Waals surface area (Å²) in [4.78, 5) is 0. The smallest absolute Gasteiger partial charge is 0.0627 e. The predicted molar refractivity (Wildman–Crippen MR) is 64.6 cm³/mol. The average molecular weight is 248 g/mol. The predicted octanol–water partition coefficient (Wildman–Crippen LogP) is 2.81. The molecule has 4 heteroatoms. The maximum Gasteiger partial charge on any atom is 0.0627 e. The Morgan fingerprint density at radius 3 is 2.60 bits per heavy atom. The van der Waals surface area contributed by atoms with E-state index in [1.807, 2.05) is 12.1 Å². The van der Waals surface area contributed by atoms with Crippen LogP contribution in [0, 0.1) is 0 Å². The van der Waals surface area contributed by atoms with E-state index in [0.29, 0.717) is 23.0 Å². The van der Waals surface area contributed by atoms with Crippen molar-refractivity contribution in [3.05, 3.63) is 33.8 Å². The van der Waals surface area contributed by atoms with Crippen LogP contribution in [-0.2, 0) is 0 Å². The lowest BCUT2D eigenvalue weighted by Gasteiger charge is -2.18. The van der Waals surface area contributed by atoms with Crippen LogP contribution in [0.3, 0.4) is 0 Å². The van der Waals surface area contributed by atoms with Gasteiger partial charge in [-0.15, -0.1) is 0 Å². The molecule has 0 bridgehead atoms. The molecule has 2 atom stereocenters. The first-order valence-electron chi connectivity index (χ1n) is 4.88. The monoisotopic (exact) mass is 247 g/mol. The second-order valence-corrected chi connectivity index (χ2v) is 4.45. The first-order valence-corrected chi connectivity index (χ1v) is 5.64. The van der Waals surface area contributed by atoms with Gasteiger partial charge in [-0.05, 0) is 31.5 Å². The van der Waals surface area contributed by atoms with E-state index in [-0.39, 0.29) is 5.92 Å². The molecule has 0 fully saturated rings. The van der Waals surface area contributed by atoms with E-state index < -0.39 is 6.10 Å². The van der Waals surface area contributed by atoms with Crippen molar-refractivity contribution < 1.29 is 5.11 Å². The van der Waals surface area contributed by atoms with Crippen LogP contribution in [0.1, 0.15) is 24.8 Å². The molecule has 0 saturated heterocycles. The van der Waals surface area contributed by atoms with E-state index in [1.54, 1.807) is 13.0 Å². The fraction of sp³-hybridized carbons (Fsp3) is 0.455. The van der Waals surface area contributed by atoms with Crippen LogP contribution in [0.25, 0.3) is 0 Å². The molecule has 0 saturated carbocycles. The molecule has 0 aliphatic carbocycles. The third-order valence-corrected chi connectivity index (χ3v) is 3.16. The van der Waals surface area contributed by atoms with Crippen molar-refractivity contribution in [2.45, 2.75) is 25.4 Å². The number of rotatable bonds is 4. The van der Waals surface area contributed by atoms with Crippen molar-refractivity contribution in [1.82, 2.24) is 0 Å². The molecular formula is C11H15Cl2NO. The third kappa shape index (κ3) is 3.35. The summed E-state index contributed by atoms with van der Waals surface area (Å²) in [6.45, 7) is 2.19. The quantitative estimate of drug-likeness (QED) is 0.860. The summed E-state index contributed by atoms with van der Waals surface area (Å²) in [7, 11) is 0. The fourth-order valence-corrected chi connectivity index (χ4v) is 2.06. The van der Waals surface area contributed by atoms with Crippen LogP contribution in [0.2, 0.25) is 10.0 Å². The van der Waals surface area contributed by atoms with Gasteiger partial charge in [-0.25, -0.2) is 0 Å².